The first-order valence-corrected chi connectivity index (χ1v) is 51.9. The quantitative estimate of drug-likeness (QED) is 0.0168. The Bertz CT molecular complexity index is 8100. The number of terminal acetylenes is 1. The maximum Gasteiger partial charge on any atom is 0.295 e. The van der Waals surface area contributed by atoms with Crippen LogP contribution >= 0.6 is 79.9 Å². The van der Waals surface area contributed by atoms with Crippen molar-refractivity contribution in [3.05, 3.63) is 303 Å². The number of nitrogens with one attached hydrogen (secondary N) is 10. The van der Waals surface area contributed by atoms with E-state index in [1.165, 1.54) is 81.0 Å². The summed E-state index contributed by atoms with van der Waals surface area (Å²) in [4.78, 5) is 43.7. The van der Waals surface area contributed by atoms with Crippen LogP contribution in [0.1, 0.15) is 82.6 Å². The van der Waals surface area contributed by atoms with Gasteiger partial charge in [-0.2, -0.15) is 0 Å². The standard InChI is InChI=1S/C21H16ClN3O2S.C21H19N3O2S.C20H18ClN3O3S2.C20H18FN3O3S2.C20H20N4O3S2/c1-3-19(27)24-12-15-7-4-8-16(20(15)22)23-9-5-6-14-10-17(26)21-18(11-14)28-13(2)25-21;1-3-20(26)23-13-16-6-4-8-17(10-16)22-9-5-7-15-11-18(25)21-19(12-15)27-14(2)24-21;1-3-29(26,27)23-12-15-11-16(6-7-17(15)21)22-8-4-5-14-9-18(25)20-19(10-14)28-13(2)24-20;1-3-29(26,27)23-12-15-6-7-17(16(21)9-15)22-8-4-5-14-10-18(25)20-19(11-14)28-13(2)24-20;1-2-9-29(26,27)23-13-15-5-3-7-16(10-15)22-8-4-6-14-11-17(25)19-18(12-14)28-20(21)24-19/h1,4,7-8,10-11,23,26H,9,12H2,2H3,(H,24,27);3-4,6,8,10-12,22,25H,1,9,13H2,2H3,(H,23,26);2*3,6-7,9-11,22-23,25H,1,8,12H2,2H3;2-3,5,7,9-12,22-23,25H,8,13H2,1H3,(H2,21,24)/b;;;;9-2+. The molecule has 2 amide bonds. The minimum absolute atomic E-state index is 0.0334. The van der Waals surface area contributed by atoms with E-state index < -0.39 is 41.8 Å². The van der Waals surface area contributed by atoms with Crippen LogP contribution in [-0.4, -0.2) is 120 Å². The molecule has 40 heteroatoms. The lowest BCUT2D eigenvalue weighted by atomic mass is 10.2. The molecular formula is C102H91Cl2FN16O13S8. The number of phenolic OH excluding ortho intramolecular Hbond substituents is 5. The highest BCUT2D eigenvalue weighted by molar-refractivity contribution is 7.92. The van der Waals surface area contributed by atoms with Crippen LogP contribution in [0.2, 0.25) is 10.0 Å². The summed E-state index contributed by atoms with van der Waals surface area (Å²) in [5.41, 5.74) is 19.2. The average Bonchev–Trinajstić information content (AvgIpc) is 1.69. The number of amides is 2. The first-order chi connectivity index (χ1) is 67.9. The van der Waals surface area contributed by atoms with Gasteiger partial charge in [-0.15, -0.1) is 51.8 Å². The fraction of sp³-hybridized carbons (Fsp3) is 0.147. The zero-order chi connectivity index (χ0) is 102. The summed E-state index contributed by atoms with van der Waals surface area (Å²) < 4.78 is 94.8. The highest BCUT2D eigenvalue weighted by Gasteiger charge is 2.17. The number of fused-ring (bicyclic) bond motifs is 5. The van der Waals surface area contributed by atoms with Gasteiger partial charge in [-0.3, -0.25) is 9.59 Å². The molecule has 0 radical (unpaired) electrons. The zero-order valence-electron chi connectivity index (χ0n) is 76.5. The van der Waals surface area contributed by atoms with Crippen LogP contribution < -0.4 is 57.1 Å². The van der Waals surface area contributed by atoms with Crippen LogP contribution in [0.15, 0.2) is 212 Å². The van der Waals surface area contributed by atoms with Gasteiger partial charge in [-0.05, 0) is 196 Å². The average molecular weight is 2100 g/mol. The number of hydrogen-bond donors (Lipinski definition) is 16. The van der Waals surface area contributed by atoms with Crippen molar-refractivity contribution >= 4 is 206 Å². The largest absolute Gasteiger partial charge is 0.506 e. The first-order valence-electron chi connectivity index (χ1n) is 42.4. The molecule has 0 unspecified atom stereocenters. The van der Waals surface area contributed by atoms with Crippen molar-refractivity contribution in [1.82, 2.24) is 49.7 Å². The van der Waals surface area contributed by atoms with Crippen LogP contribution in [0, 0.1) is 105 Å². The van der Waals surface area contributed by atoms with E-state index in [9.17, 15) is 64.8 Å². The minimum atomic E-state index is -3.56. The van der Waals surface area contributed by atoms with Gasteiger partial charge in [0.05, 0.1) is 92.7 Å². The maximum atomic E-state index is 14.2. The Morgan fingerprint density at radius 3 is 1.23 bits per heavy atom. The molecule has 726 valence electrons. The van der Waals surface area contributed by atoms with Gasteiger partial charge in [0.1, 0.15) is 62.1 Å². The second kappa shape index (κ2) is 51.2. The number of benzene rings is 10. The van der Waals surface area contributed by atoms with Gasteiger partial charge in [-0.25, -0.2) is 68.7 Å². The fourth-order valence-corrected chi connectivity index (χ4v) is 19.3. The normalized spacial score (nSPS) is 10.8. The molecule has 10 aromatic carbocycles. The predicted molar refractivity (Wildman–Crippen MR) is 574 cm³/mol. The SMILES string of the molecule is C#CC(=O)NCc1cccc(NCC#Cc2cc(O)c3nc(C)sc3c2)c1Cl.C/C=C/S(=O)(=O)NCc1cccc(NCC#Cc2cc(O)c3nc(N)sc3c2)c1.C=CC(=O)NCc1cccc(NCC#Cc2cc(O)c3nc(C)sc3c2)c1.C=CS(=O)(=O)NCc1cc(NCC#Cc2cc(O)c3nc(C)sc3c2)ccc1Cl.C=CS(=O)(=O)NCc1ccc(NCC#Cc2cc(O)c3nc(C)sc3c2)c(F)c1. The Kier molecular flexibility index (Phi) is 38.7. The van der Waals surface area contributed by atoms with Crippen LogP contribution in [0.3, 0.4) is 0 Å². The third kappa shape index (κ3) is 32.8. The number of allylic oxidation sites excluding steroid dienone is 1. The van der Waals surface area contributed by atoms with Crippen molar-refractivity contribution in [3.8, 4) is 100 Å². The monoisotopic (exact) mass is 2090 g/mol. The molecule has 0 bridgehead atoms. The van der Waals surface area contributed by atoms with Crippen molar-refractivity contribution in [1.29, 1.82) is 0 Å². The maximum absolute atomic E-state index is 14.2. The number of nitrogens with two attached hydrogens (primary N) is 1. The Balaban J connectivity index is 0.000000170. The third-order valence-corrected chi connectivity index (χ3v) is 27.7. The lowest BCUT2D eigenvalue weighted by molar-refractivity contribution is -0.117. The molecular weight excluding hydrogens is 2000 g/mol. The van der Waals surface area contributed by atoms with Crippen LogP contribution in [0.25, 0.3) is 51.1 Å². The fourth-order valence-electron chi connectivity index (χ4n) is 12.8. The zero-order valence-corrected chi connectivity index (χ0v) is 84.5. The van der Waals surface area contributed by atoms with E-state index >= 15 is 0 Å². The minimum Gasteiger partial charge on any atom is -0.506 e. The number of sulfonamides is 3. The Morgan fingerprint density at radius 2 is 0.810 bits per heavy atom. The molecule has 0 aliphatic carbocycles. The Morgan fingerprint density at radius 1 is 0.430 bits per heavy atom. The van der Waals surface area contributed by atoms with E-state index in [1.54, 1.807) is 61.5 Å². The van der Waals surface area contributed by atoms with Crippen molar-refractivity contribution < 1.29 is 64.8 Å². The summed E-state index contributed by atoms with van der Waals surface area (Å²) >= 11 is 19.8. The number of carbonyl (C=O) groups excluding carboxylic acids is 2. The predicted octanol–water partition coefficient (Wildman–Crippen LogP) is 17.7. The molecule has 5 aromatic heterocycles. The topological polar surface area (TPSA) is 448 Å². The highest BCUT2D eigenvalue weighted by Crippen LogP contribution is 2.37. The lowest BCUT2D eigenvalue weighted by Gasteiger charge is -2.10. The second-order valence-corrected chi connectivity index (χ2v) is 41.8. The molecule has 0 saturated heterocycles. The number of anilines is 6. The summed E-state index contributed by atoms with van der Waals surface area (Å²) in [6, 6.07) is 47.7. The molecule has 0 aliphatic rings. The van der Waals surface area contributed by atoms with E-state index in [0.29, 0.717) is 115 Å². The number of rotatable bonds is 27. The number of aromatic nitrogens is 5. The Hall–Kier alpha value is -15.1. The summed E-state index contributed by atoms with van der Waals surface area (Å²) in [6.07, 6.45) is 7.76. The van der Waals surface area contributed by atoms with E-state index in [0.717, 1.165) is 99.1 Å². The van der Waals surface area contributed by atoms with Crippen LogP contribution in [0.5, 0.6) is 28.7 Å². The number of hydrogen-bond acceptors (Lipinski definition) is 29. The highest BCUT2D eigenvalue weighted by atomic mass is 35.5. The second-order valence-electron chi connectivity index (χ2n) is 29.9. The third-order valence-electron chi connectivity index (χ3n) is 19.3. The smallest absolute Gasteiger partial charge is 0.295 e. The van der Waals surface area contributed by atoms with Gasteiger partial charge in [-0.1, -0.05) is 162 Å². The number of phenols is 5. The van der Waals surface area contributed by atoms with Gasteiger partial charge < -0.3 is 68.5 Å². The first kappa shape index (κ1) is 107. The van der Waals surface area contributed by atoms with Crippen LogP contribution in [0.4, 0.5) is 38.0 Å². The van der Waals surface area contributed by atoms with Gasteiger partial charge in [0.2, 0.25) is 36.0 Å². The lowest BCUT2D eigenvalue weighted by Crippen LogP contribution is -2.20. The van der Waals surface area contributed by atoms with Crippen molar-refractivity contribution in [2.24, 2.45) is 0 Å². The molecule has 0 aliphatic heterocycles. The molecule has 0 atom stereocenters. The molecule has 17 N–H and O–H groups in total. The number of nitrogen functional groups attached to an aromatic ring is 1. The Labute approximate surface area is 850 Å². The summed E-state index contributed by atoms with van der Waals surface area (Å²) in [5, 5.41) is 78.9. The number of aromatic hydroxyl groups is 5. The molecule has 15 aromatic rings. The van der Waals surface area contributed by atoms with E-state index in [1.807, 2.05) is 131 Å². The van der Waals surface area contributed by atoms with Gasteiger partial charge >= 0.3 is 0 Å². The van der Waals surface area contributed by atoms with E-state index in [2.05, 4.69) is 155 Å². The molecule has 0 spiro atoms. The van der Waals surface area contributed by atoms with Gasteiger partial charge in [0.15, 0.2) is 5.13 Å². The van der Waals surface area contributed by atoms with Gasteiger partial charge in [0, 0.05) is 98.8 Å². The number of nitrogens with zero attached hydrogens (tertiary/aromatic N) is 5. The summed E-state index contributed by atoms with van der Waals surface area (Å²) in [7, 11) is -10.5. The van der Waals surface area contributed by atoms with Crippen molar-refractivity contribution in [3.63, 3.8) is 0 Å². The number of halogens is 3. The molecule has 0 saturated carbocycles. The number of carbonyl (C=O) groups is 2. The van der Waals surface area contributed by atoms with Gasteiger partial charge in [0.25, 0.3) is 5.91 Å². The summed E-state index contributed by atoms with van der Waals surface area (Å²) in [6.45, 7) is 21.8. The molecule has 142 heavy (non-hydrogen) atoms. The summed E-state index contributed by atoms with van der Waals surface area (Å²) in [5.74, 6) is 31.3. The van der Waals surface area contributed by atoms with E-state index in [4.69, 9.17) is 35.4 Å². The molecule has 0 fully saturated rings. The molecule has 29 nitrogen and oxygen atoms in total. The van der Waals surface area contributed by atoms with E-state index in [-0.39, 0.29) is 73.1 Å². The number of thiazole rings is 5. The molecule has 5 heterocycles. The molecule has 15 rings (SSSR count). The van der Waals surface area contributed by atoms with Crippen LogP contribution in [-0.2, 0) is 72.4 Å². The van der Waals surface area contributed by atoms with Crippen molar-refractivity contribution in [2.75, 3.05) is 65.0 Å². The number of aryl methyl sites for hydroxylation is 4. The van der Waals surface area contributed by atoms with Crippen molar-refractivity contribution in [2.45, 2.75) is 67.3 Å².